The lowest BCUT2D eigenvalue weighted by Crippen LogP contribution is -2.37. The molecule has 9 nitrogen and oxygen atoms in total. The molecule has 0 amide bonds. The second-order valence-electron chi connectivity index (χ2n) is 8.03. The van der Waals surface area contributed by atoms with Crippen LogP contribution in [0.5, 0.6) is 0 Å². The topological polar surface area (TPSA) is 120 Å². The Morgan fingerprint density at radius 1 is 1.12 bits per heavy atom. The fourth-order valence-corrected chi connectivity index (χ4v) is 4.77. The molecule has 3 aliphatic heterocycles. The number of hydrogen-bond donors (Lipinski definition) is 2. The predicted octanol–water partition coefficient (Wildman–Crippen LogP) is 1.96. The molecule has 0 saturated carbocycles. The summed E-state index contributed by atoms with van der Waals surface area (Å²) in [6, 6.07) is 7.30. The fraction of sp³-hybridized carbons (Fsp3) is 0.375. The van der Waals surface area contributed by atoms with Gasteiger partial charge in [0.15, 0.2) is 6.10 Å². The lowest BCUT2D eigenvalue weighted by Gasteiger charge is -2.31. The lowest BCUT2D eigenvalue weighted by molar-refractivity contribution is -0.157. The maximum absolute atomic E-state index is 13.2. The van der Waals surface area contributed by atoms with Crippen molar-refractivity contribution in [1.29, 1.82) is 0 Å². The molecule has 3 N–H and O–H groups in total. The Hall–Kier alpha value is -3.43. The van der Waals surface area contributed by atoms with Crippen LogP contribution in [0.25, 0.3) is 22.3 Å². The number of cyclic esters (lactones) is 1. The van der Waals surface area contributed by atoms with Gasteiger partial charge in [0.25, 0.3) is 5.56 Å². The summed E-state index contributed by atoms with van der Waals surface area (Å²) in [6.45, 7) is 6.90. The Bertz CT molecular complexity index is 1330. The molecular formula is C24H26N4O5. The number of carbonyl (C=O) groups is 1. The summed E-state index contributed by atoms with van der Waals surface area (Å²) in [5.74, 6) is -0.744. The van der Waals surface area contributed by atoms with Crippen molar-refractivity contribution < 1.29 is 19.4 Å². The van der Waals surface area contributed by atoms with Gasteiger partial charge in [0, 0.05) is 35.3 Å². The molecule has 33 heavy (non-hydrogen) atoms. The number of anilines is 2. The first kappa shape index (κ1) is 21.4. The van der Waals surface area contributed by atoms with Crippen LogP contribution in [0, 0.1) is 0 Å². The van der Waals surface area contributed by atoms with E-state index >= 15 is 0 Å². The van der Waals surface area contributed by atoms with Gasteiger partial charge in [0.1, 0.15) is 6.61 Å². The maximum Gasteiger partial charge on any atom is 0.340 e. The van der Waals surface area contributed by atoms with E-state index in [9.17, 15) is 14.7 Å². The SMILES string of the molecule is CC.Nc1ccc2nc3c(c(N4CCOCC4)c2c1)Cn1c-3cc2c(c1=O)COC(=O)C2O. The van der Waals surface area contributed by atoms with E-state index < -0.39 is 12.1 Å². The van der Waals surface area contributed by atoms with E-state index in [-0.39, 0.29) is 12.2 Å². The third kappa shape index (κ3) is 3.27. The zero-order valence-corrected chi connectivity index (χ0v) is 18.6. The predicted molar refractivity (Wildman–Crippen MR) is 124 cm³/mol. The highest BCUT2D eigenvalue weighted by molar-refractivity contribution is 5.99. The van der Waals surface area contributed by atoms with Crippen molar-refractivity contribution in [3.8, 4) is 11.4 Å². The molecule has 0 aliphatic carbocycles. The first-order valence-corrected chi connectivity index (χ1v) is 11.2. The minimum atomic E-state index is -1.47. The van der Waals surface area contributed by atoms with Crippen LogP contribution in [0.2, 0.25) is 0 Å². The normalized spacial score (nSPS) is 18.7. The minimum Gasteiger partial charge on any atom is -0.458 e. The molecule has 1 atom stereocenters. The third-order valence-corrected chi connectivity index (χ3v) is 6.28. The van der Waals surface area contributed by atoms with Crippen molar-refractivity contribution in [2.45, 2.75) is 33.1 Å². The molecule has 0 radical (unpaired) electrons. The number of fused-ring (bicyclic) bond motifs is 5. The standard InChI is InChI=1S/C22H20N4O5.C2H6/c23-11-1-2-16-13(7-11)19(25-3-5-30-6-4-25)14-9-26-17(18(14)24-16)8-12-15(21(26)28)10-31-22(29)20(12)27;1-2/h1-2,7-8,20,27H,3-6,9-10,23H2;1-2H3. The summed E-state index contributed by atoms with van der Waals surface area (Å²) in [5.41, 5.74) is 11.1. The van der Waals surface area contributed by atoms with Crippen LogP contribution < -0.4 is 16.2 Å². The summed E-state index contributed by atoms with van der Waals surface area (Å²) in [5, 5.41) is 11.3. The molecule has 172 valence electrons. The number of aliphatic hydroxyl groups excluding tert-OH is 1. The number of rotatable bonds is 1. The first-order chi connectivity index (χ1) is 16.0. The summed E-state index contributed by atoms with van der Waals surface area (Å²) < 4.78 is 12.2. The van der Waals surface area contributed by atoms with Crippen molar-refractivity contribution in [1.82, 2.24) is 9.55 Å². The van der Waals surface area contributed by atoms with Crippen molar-refractivity contribution in [2.75, 3.05) is 36.9 Å². The van der Waals surface area contributed by atoms with Gasteiger partial charge in [0.2, 0.25) is 0 Å². The Morgan fingerprint density at radius 3 is 2.64 bits per heavy atom. The highest BCUT2D eigenvalue weighted by atomic mass is 16.5. The number of benzene rings is 1. The second-order valence-corrected chi connectivity index (χ2v) is 8.03. The average Bonchev–Trinajstić information content (AvgIpc) is 3.20. The number of aliphatic hydroxyl groups is 1. The van der Waals surface area contributed by atoms with Gasteiger partial charge in [-0.05, 0) is 24.3 Å². The minimum absolute atomic E-state index is 0.136. The monoisotopic (exact) mass is 450 g/mol. The highest BCUT2D eigenvalue weighted by Crippen LogP contribution is 2.42. The number of carbonyl (C=O) groups excluding carboxylic acids is 1. The molecule has 1 saturated heterocycles. The molecule has 5 heterocycles. The van der Waals surface area contributed by atoms with Crippen LogP contribution in [-0.2, 0) is 27.4 Å². The van der Waals surface area contributed by atoms with E-state index in [1.807, 2.05) is 26.0 Å². The molecule has 9 heteroatoms. The van der Waals surface area contributed by atoms with Crippen molar-refractivity contribution in [3.05, 3.63) is 51.3 Å². The van der Waals surface area contributed by atoms with Crippen LogP contribution in [0.1, 0.15) is 36.6 Å². The molecule has 1 aromatic carbocycles. The number of aromatic nitrogens is 2. The largest absolute Gasteiger partial charge is 0.458 e. The molecular weight excluding hydrogens is 424 g/mol. The van der Waals surface area contributed by atoms with E-state index in [0.29, 0.717) is 48.0 Å². The Morgan fingerprint density at radius 2 is 1.88 bits per heavy atom. The quantitative estimate of drug-likeness (QED) is 0.334. The van der Waals surface area contributed by atoms with Crippen molar-refractivity contribution >= 4 is 28.2 Å². The number of morpholine rings is 1. The van der Waals surface area contributed by atoms with Crippen molar-refractivity contribution in [3.63, 3.8) is 0 Å². The van der Waals surface area contributed by atoms with Gasteiger partial charge in [-0.25, -0.2) is 9.78 Å². The van der Waals surface area contributed by atoms with Gasteiger partial charge < -0.3 is 29.8 Å². The zero-order chi connectivity index (χ0) is 23.3. The summed E-state index contributed by atoms with van der Waals surface area (Å²) in [4.78, 5) is 32.2. The third-order valence-electron chi connectivity index (χ3n) is 6.28. The molecule has 1 fully saturated rings. The van der Waals surface area contributed by atoms with Gasteiger partial charge in [-0.2, -0.15) is 0 Å². The number of esters is 1. The van der Waals surface area contributed by atoms with E-state index in [1.165, 1.54) is 0 Å². The molecule has 6 rings (SSSR count). The van der Waals surface area contributed by atoms with E-state index in [1.54, 1.807) is 16.7 Å². The molecule has 0 spiro atoms. The van der Waals surface area contributed by atoms with E-state index in [4.69, 9.17) is 20.2 Å². The van der Waals surface area contributed by atoms with Crippen LogP contribution in [0.15, 0.2) is 29.1 Å². The van der Waals surface area contributed by atoms with Crippen LogP contribution in [0.4, 0.5) is 11.4 Å². The number of pyridine rings is 2. The van der Waals surface area contributed by atoms with Crippen LogP contribution in [0.3, 0.4) is 0 Å². The van der Waals surface area contributed by atoms with Gasteiger partial charge >= 0.3 is 5.97 Å². The van der Waals surface area contributed by atoms with Gasteiger partial charge in [-0.3, -0.25) is 4.79 Å². The molecule has 3 aromatic rings. The van der Waals surface area contributed by atoms with Gasteiger partial charge in [0.05, 0.1) is 47.9 Å². The highest BCUT2D eigenvalue weighted by Gasteiger charge is 2.35. The summed E-state index contributed by atoms with van der Waals surface area (Å²) in [7, 11) is 0. The summed E-state index contributed by atoms with van der Waals surface area (Å²) >= 11 is 0. The average molecular weight is 450 g/mol. The smallest absolute Gasteiger partial charge is 0.340 e. The second kappa shape index (κ2) is 8.17. The Balaban J connectivity index is 0.00000111. The maximum atomic E-state index is 13.2. The van der Waals surface area contributed by atoms with Gasteiger partial charge in [-0.1, -0.05) is 13.8 Å². The van der Waals surface area contributed by atoms with E-state index in [2.05, 4.69) is 4.90 Å². The molecule has 2 aromatic heterocycles. The number of hydrogen-bond acceptors (Lipinski definition) is 8. The number of nitrogens with two attached hydrogens (primary N) is 1. The van der Waals surface area contributed by atoms with Crippen molar-refractivity contribution in [2.24, 2.45) is 0 Å². The summed E-state index contributed by atoms with van der Waals surface area (Å²) in [6.07, 6.45) is -1.47. The Labute approximate surface area is 190 Å². The van der Waals surface area contributed by atoms with Crippen LogP contribution >= 0.6 is 0 Å². The fourth-order valence-electron chi connectivity index (χ4n) is 4.77. The number of ether oxygens (including phenoxy) is 2. The number of nitrogens with zero attached hydrogens (tertiary/aromatic N) is 3. The first-order valence-electron chi connectivity index (χ1n) is 11.2. The molecule has 1 unspecified atom stereocenters. The molecule has 3 aliphatic rings. The molecule has 0 bridgehead atoms. The van der Waals surface area contributed by atoms with Gasteiger partial charge in [-0.15, -0.1) is 0 Å². The lowest BCUT2D eigenvalue weighted by atomic mass is 9.99. The Kier molecular flexibility index (Phi) is 5.30. The zero-order valence-electron chi connectivity index (χ0n) is 18.6. The van der Waals surface area contributed by atoms with E-state index in [0.717, 1.165) is 35.2 Å². The van der Waals surface area contributed by atoms with Crippen LogP contribution in [-0.4, -0.2) is 46.9 Å². The number of nitrogen functional groups attached to an aromatic ring is 1.